The van der Waals surface area contributed by atoms with Crippen molar-refractivity contribution in [1.82, 2.24) is 5.32 Å². The number of carbonyl (C=O) groups is 1. The van der Waals surface area contributed by atoms with Crippen LogP contribution in [0.3, 0.4) is 0 Å². The van der Waals surface area contributed by atoms with Gasteiger partial charge in [0.2, 0.25) is 0 Å². The van der Waals surface area contributed by atoms with E-state index in [1.165, 1.54) is 7.05 Å². The lowest BCUT2D eigenvalue weighted by Gasteiger charge is -2.15. The maximum absolute atomic E-state index is 10.8. The highest BCUT2D eigenvalue weighted by Gasteiger charge is 2.11. The number of ether oxygens (including phenoxy) is 2. The molecule has 0 rings (SSSR count). The van der Waals surface area contributed by atoms with Crippen LogP contribution >= 0.6 is 0 Å². The summed E-state index contributed by atoms with van der Waals surface area (Å²) in [6.45, 7) is 3.42. The second-order valence-corrected chi connectivity index (χ2v) is 2.94. The lowest BCUT2D eigenvalue weighted by atomic mass is 10.3. The summed E-state index contributed by atoms with van der Waals surface area (Å²) in [6.07, 6.45) is 1.27. The Kier molecular flexibility index (Phi) is 8.27. The van der Waals surface area contributed by atoms with E-state index in [-0.39, 0.29) is 12.6 Å². The monoisotopic (exact) mass is 204 g/mol. The van der Waals surface area contributed by atoms with Gasteiger partial charge in [-0.25, -0.2) is 4.79 Å². The van der Waals surface area contributed by atoms with Gasteiger partial charge in [-0.05, 0) is 6.42 Å². The van der Waals surface area contributed by atoms with Gasteiger partial charge in [0.15, 0.2) is 0 Å². The van der Waals surface area contributed by atoms with E-state index in [0.717, 1.165) is 12.8 Å². The Morgan fingerprint density at radius 1 is 1.57 bits per heavy atom. The van der Waals surface area contributed by atoms with Crippen LogP contribution in [0.2, 0.25) is 0 Å². The number of alkyl carbamates (subject to hydrolysis) is 1. The van der Waals surface area contributed by atoms with Crippen LogP contribution in [0, 0.1) is 0 Å². The van der Waals surface area contributed by atoms with Gasteiger partial charge in [0, 0.05) is 20.2 Å². The maximum Gasteiger partial charge on any atom is 0.407 e. The number of amides is 1. The molecule has 0 bridgehead atoms. The lowest BCUT2D eigenvalue weighted by Crippen LogP contribution is -2.34. The molecule has 0 radical (unpaired) electrons. The summed E-state index contributed by atoms with van der Waals surface area (Å²) in [5.74, 6) is 0. The van der Waals surface area contributed by atoms with Crippen molar-refractivity contribution in [1.29, 1.82) is 0 Å². The van der Waals surface area contributed by atoms with Crippen molar-refractivity contribution in [3.63, 3.8) is 0 Å². The zero-order valence-electron chi connectivity index (χ0n) is 8.91. The van der Waals surface area contributed by atoms with Crippen molar-refractivity contribution in [3.05, 3.63) is 0 Å². The number of nitrogens with two attached hydrogens (primary N) is 1. The van der Waals surface area contributed by atoms with Crippen molar-refractivity contribution >= 4 is 6.09 Å². The van der Waals surface area contributed by atoms with E-state index in [0.29, 0.717) is 13.2 Å². The fourth-order valence-corrected chi connectivity index (χ4v) is 0.822. The van der Waals surface area contributed by atoms with Crippen LogP contribution in [0.4, 0.5) is 4.79 Å². The van der Waals surface area contributed by atoms with Crippen molar-refractivity contribution in [2.75, 3.05) is 26.8 Å². The molecule has 84 valence electrons. The third-order valence-electron chi connectivity index (χ3n) is 1.69. The highest BCUT2D eigenvalue weighted by atomic mass is 16.6. The second kappa shape index (κ2) is 8.77. The Morgan fingerprint density at radius 3 is 2.79 bits per heavy atom. The van der Waals surface area contributed by atoms with Crippen LogP contribution < -0.4 is 11.1 Å². The number of rotatable bonds is 7. The molecule has 1 atom stereocenters. The molecule has 0 aromatic carbocycles. The molecular formula is C9H20N2O3. The van der Waals surface area contributed by atoms with Crippen LogP contribution in [0.15, 0.2) is 0 Å². The minimum absolute atomic E-state index is 0.277. The molecule has 5 nitrogen and oxygen atoms in total. The first-order chi connectivity index (χ1) is 6.74. The van der Waals surface area contributed by atoms with E-state index < -0.39 is 6.09 Å². The zero-order chi connectivity index (χ0) is 10.8. The van der Waals surface area contributed by atoms with Gasteiger partial charge in [0.1, 0.15) is 6.10 Å². The van der Waals surface area contributed by atoms with Gasteiger partial charge in [0.05, 0.1) is 6.61 Å². The number of unbranched alkanes of at least 4 members (excludes halogenated alkanes) is 1. The Hall–Kier alpha value is -0.810. The molecule has 1 amide bonds. The Labute approximate surface area is 84.9 Å². The Balaban J connectivity index is 3.52. The summed E-state index contributed by atoms with van der Waals surface area (Å²) in [4.78, 5) is 10.8. The summed E-state index contributed by atoms with van der Waals surface area (Å²) >= 11 is 0. The minimum atomic E-state index is -0.473. The van der Waals surface area contributed by atoms with Crippen LogP contribution in [-0.4, -0.2) is 39.0 Å². The summed E-state index contributed by atoms with van der Waals surface area (Å²) in [6, 6.07) is 0. The van der Waals surface area contributed by atoms with Gasteiger partial charge >= 0.3 is 6.09 Å². The van der Waals surface area contributed by atoms with E-state index >= 15 is 0 Å². The van der Waals surface area contributed by atoms with Crippen molar-refractivity contribution in [2.45, 2.75) is 25.9 Å². The van der Waals surface area contributed by atoms with E-state index in [4.69, 9.17) is 15.2 Å². The van der Waals surface area contributed by atoms with Gasteiger partial charge in [0.25, 0.3) is 0 Å². The van der Waals surface area contributed by atoms with Crippen molar-refractivity contribution in [3.8, 4) is 0 Å². The van der Waals surface area contributed by atoms with E-state index in [1.54, 1.807) is 0 Å². The zero-order valence-corrected chi connectivity index (χ0v) is 8.91. The average Bonchev–Trinajstić information content (AvgIpc) is 2.22. The smallest absolute Gasteiger partial charge is 0.407 e. The number of nitrogens with one attached hydrogen (secondary N) is 1. The van der Waals surface area contributed by atoms with Gasteiger partial charge < -0.3 is 20.5 Å². The first-order valence-electron chi connectivity index (χ1n) is 4.90. The van der Waals surface area contributed by atoms with Crippen LogP contribution in [0.25, 0.3) is 0 Å². The molecule has 0 aromatic heterocycles. The molecular weight excluding hydrogens is 184 g/mol. The van der Waals surface area contributed by atoms with Crippen LogP contribution in [0.1, 0.15) is 19.8 Å². The molecule has 0 saturated carbocycles. The third-order valence-corrected chi connectivity index (χ3v) is 1.69. The normalized spacial score (nSPS) is 12.2. The minimum Gasteiger partial charge on any atom is -0.442 e. The second-order valence-electron chi connectivity index (χ2n) is 2.94. The summed E-state index contributed by atoms with van der Waals surface area (Å²) in [5, 5.41) is 2.36. The summed E-state index contributed by atoms with van der Waals surface area (Å²) in [7, 11) is 1.51. The highest BCUT2D eigenvalue weighted by molar-refractivity contribution is 5.66. The molecule has 14 heavy (non-hydrogen) atoms. The van der Waals surface area contributed by atoms with Crippen LogP contribution in [0.5, 0.6) is 0 Å². The van der Waals surface area contributed by atoms with Crippen molar-refractivity contribution in [2.24, 2.45) is 5.73 Å². The largest absolute Gasteiger partial charge is 0.442 e. The fraction of sp³-hybridized carbons (Fsp3) is 0.889. The Bertz CT molecular complexity index is 153. The Morgan fingerprint density at radius 2 is 2.29 bits per heavy atom. The molecule has 5 heteroatoms. The first-order valence-corrected chi connectivity index (χ1v) is 4.90. The molecule has 0 aromatic rings. The van der Waals surface area contributed by atoms with Gasteiger partial charge in [-0.15, -0.1) is 0 Å². The molecule has 0 spiro atoms. The molecule has 0 aliphatic heterocycles. The van der Waals surface area contributed by atoms with Gasteiger partial charge in [-0.1, -0.05) is 13.3 Å². The topological polar surface area (TPSA) is 73.6 Å². The standard InChI is InChI=1S/C9H20N2O3/c1-3-4-5-13-7-8(6-10)14-9(12)11-2/h8H,3-7,10H2,1-2H3,(H,11,12). The number of hydrogen-bond donors (Lipinski definition) is 2. The van der Waals surface area contributed by atoms with Crippen molar-refractivity contribution < 1.29 is 14.3 Å². The van der Waals surface area contributed by atoms with Crippen LogP contribution in [-0.2, 0) is 9.47 Å². The molecule has 1 unspecified atom stereocenters. The van der Waals surface area contributed by atoms with Gasteiger partial charge in [-0.3, -0.25) is 0 Å². The molecule has 3 N–H and O–H groups in total. The molecule has 0 fully saturated rings. The maximum atomic E-state index is 10.8. The quantitative estimate of drug-likeness (QED) is 0.592. The number of hydrogen-bond acceptors (Lipinski definition) is 4. The summed E-state index contributed by atoms with van der Waals surface area (Å²) in [5.41, 5.74) is 5.41. The predicted octanol–water partition coefficient (Wildman–Crippen LogP) is 0.486. The predicted molar refractivity (Wildman–Crippen MR) is 54.1 cm³/mol. The fourth-order valence-electron chi connectivity index (χ4n) is 0.822. The highest BCUT2D eigenvalue weighted by Crippen LogP contribution is 1.94. The van der Waals surface area contributed by atoms with E-state index in [1.807, 2.05) is 0 Å². The molecule has 0 heterocycles. The molecule has 0 saturated heterocycles. The lowest BCUT2D eigenvalue weighted by molar-refractivity contribution is 0.0239. The average molecular weight is 204 g/mol. The van der Waals surface area contributed by atoms with E-state index in [2.05, 4.69) is 12.2 Å². The van der Waals surface area contributed by atoms with Gasteiger partial charge in [-0.2, -0.15) is 0 Å². The third kappa shape index (κ3) is 6.68. The molecule has 0 aliphatic rings. The number of carbonyl (C=O) groups excluding carboxylic acids is 1. The summed E-state index contributed by atoms with van der Waals surface area (Å²) < 4.78 is 10.2. The SMILES string of the molecule is CCCCOCC(CN)OC(=O)NC. The first kappa shape index (κ1) is 13.2. The molecule has 0 aliphatic carbocycles. The van der Waals surface area contributed by atoms with E-state index in [9.17, 15) is 4.79 Å².